The molecule has 3 aromatic rings. The molecule has 25 heavy (non-hydrogen) atoms. The third kappa shape index (κ3) is 3.99. The molecule has 3 N–H and O–H groups in total. The molecule has 0 spiro atoms. The molecule has 0 bridgehead atoms. The molecule has 1 aliphatic carbocycles. The molecule has 4 rings (SSSR count). The Hall–Kier alpha value is -2.40. The van der Waals surface area contributed by atoms with E-state index in [0.29, 0.717) is 12.1 Å². The van der Waals surface area contributed by atoms with Gasteiger partial charge in [0, 0.05) is 29.7 Å². The molecule has 5 heteroatoms. The number of aromatic nitrogens is 2. The average molecular weight is 338 g/mol. The number of fused-ring (bicyclic) bond motifs is 1. The summed E-state index contributed by atoms with van der Waals surface area (Å²) in [6.07, 6.45) is 6.49. The maximum absolute atomic E-state index is 12.9. The number of H-pyrrole nitrogens is 1. The fraction of sp³-hybridized carbons (Fsp3) is 0.350. The van der Waals surface area contributed by atoms with Gasteiger partial charge in [-0.05, 0) is 61.6 Å². The summed E-state index contributed by atoms with van der Waals surface area (Å²) in [5, 5.41) is 15.4. The van der Waals surface area contributed by atoms with Gasteiger partial charge in [0.2, 0.25) is 0 Å². The van der Waals surface area contributed by atoms with Crippen LogP contribution < -0.4 is 10.6 Å². The molecule has 1 aliphatic rings. The Balaban J connectivity index is 1.25. The van der Waals surface area contributed by atoms with Crippen LogP contribution in [-0.2, 0) is 6.54 Å². The van der Waals surface area contributed by atoms with Crippen LogP contribution in [0.4, 0.5) is 10.1 Å². The number of nitrogens with one attached hydrogen (secondary N) is 3. The van der Waals surface area contributed by atoms with Crippen molar-refractivity contribution in [2.75, 3.05) is 5.32 Å². The summed E-state index contributed by atoms with van der Waals surface area (Å²) in [5.74, 6) is -0.177. The van der Waals surface area contributed by atoms with Gasteiger partial charge in [0.25, 0.3) is 0 Å². The molecule has 2 aromatic carbocycles. The molecule has 0 aliphatic heterocycles. The molecule has 0 atom stereocenters. The highest BCUT2D eigenvalue weighted by molar-refractivity contribution is 5.81. The zero-order valence-corrected chi connectivity index (χ0v) is 14.1. The molecule has 0 unspecified atom stereocenters. The molecule has 0 amide bonds. The molecule has 1 heterocycles. The van der Waals surface area contributed by atoms with Gasteiger partial charge in [-0.2, -0.15) is 5.10 Å². The van der Waals surface area contributed by atoms with Crippen LogP contribution in [0.3, 0.4) is 0 Å². The quantitative estimate of drug-likeness (QED) is 0.653. The van der Waals surface area contributed by atoms with Gasteiger partial charge in [0.05, 0.1) is 11.7 Å². The molecule has 0 radical (unpaired) electrons. The van der Waals surface area contributed by atoms with E-state index in [9.17, 15) is 4.39 Å². The molecular weight excluding hydrogens is 315 g/mol. The van der Waals surface area contributed by atoms with Crippen molar-refractivity contribution in [3.8, 4) is 0 Å². The Labute approximate surface area is 146 Å². The van der Waals surface area contributed by atoms with Crippen molar-refractivity contribution in [1.82, 2.24) is 15.5 Å². The van der Waals surface area contributed by atoms with Crippen molar-refractivity contribution in [3.63, 3.8) is 0 Å². The Kier molecular flexibility index (Phi) is 4.65. The monoisotopic (exact) mass is 338 g/mol. The van der Waals surface area contributed by atoms with Crippen molar-refractivity contribution in [1.29, 1.82) is 0 Å². The predicted molar refractivity (Wildman–Crippen MR) is 99.0 cm³/mol. The first-order valence-corrected chi connectivity index (χ1v) is 8.94. The van der Waals surface area contributed by atoms with Gasteiger partial charge < -0.3 is 10.6 Å². The van der Waals surface area contributed by atoms with Crippen molar-refractivity contribution in [2.45, 2.75) is 44.3 Å². The maximum atomic E-state index is 12.9. The van der Waals surface area contributed by atoms with E-state index < -0.39 is 0 Å². The molecule has 4 nitrogen and oxygen atoms in total. The lowest BCUT2D eigenvalue weighted by atomic mass is 9.91. The third-order valence-corrected chi connectivity index (χ3v) is 5.05. The Morgan fingerprint density at radius 1 is 1.00 bits per heavy atom. The molecule has 1 fully saturated rings. The number of hydrogen-bond donors (Lipinski definition) is 3. The number of halogens is 1. The van der Waals surface area contributed by atoms with Crippen molar-refractivity contribution in [3.05, 3.63) is 60.0 Å². The summed E-state index contributed by atoms with van der Waals surface area (Å²) in [5.41, 5.74) is 3.37. The molecule has 1 aromatic heterocycles. The highest BCUT2D eigenvalue weighted by Gasteiger charge is 2.20. The van der Waals surface area contributed by atoms with Crippen molar-refractivity contribution in [2.24, 2.45) is 0 Å². The number of rotatable bonds is 5. The molecule has 1 saturated carbocycles. The van der Waals surface area contributed by atoms with Crippen LogP contribution in [0.25, 0.3) is 10.9 Å². The first kappa shape index (κ1) is 16.1. The fourth-order valence-electron chi connectivity index (χ4n) is 3.57. The Morgan fingerprint density at radius 2 is 1.76 bits per heavy atom. The molecular formula is C20H23FN4. The smallest absolute Gasteiger partial charge is 0.123 e. The Morgan fingerprint density at radius 3 is 2.56 bits per heavy atom. The van der Waals surface area contributed by atoms with E-state index in [4.69, 9.17) is 0 Å². The molecule has 0 saturated heterocycles. The molecule has 130 valence electrons. The minimum atomic E-state index is -0.177. The highest BCUT2D eigenvalue weighted by Crippen LogP contribution is 2.24. The van der Waals surface area contributed by atoms with Crippen LogP contribution >= 0.6 is 0 Å². The lowest BCUT2D eigenvalue weighted by molar-refractivity contribution is 0.353. The SMILES string of the molecule is Fc1ccc(CNC2CCC(Nc3ccc4[nH]ncc4c3)CC2)cc1. The topological polar surface area (TPSA) is 52.7 Å². The maximum Gasteiger partial charge on any atom is 0.123 e. The first-order valence-electron chi connectivity index (χ1n) is 8.94. The van der Waals surface area contributed by atoms with E-state index in [0.717, 1.165) is 54.4 Å². The Bertz CT molecular complexity index is 819. The number of hydrogen-bond acceptors (Lipinski definition) is 3. The van der Waals surface area contributed by atoms with E-state index in [-0.39, 0.29) is 5.82 Å². The van der Waals surface area contributed by atoms with Crippen molar-refractivity contribution < 1.29 is 4.39 Å². The van der Waals surface area contributed by atoms with E-state index >= 15 is 0 Å². The number of anilines is 1. The average Bonchev–Trinajstić information content (AvgIpc) is 3.10. The minimum absolute atomic E-state index is 0.177. The minimum Gasteiger partial charge on any atom is -0.382 e. The standard InChI is InChI=1S/C20H23FN4/c21-16-3-1-14(2-4-16)12-22-17-5-7-18(8-6-17)24-19-9-10-20-15(11-19)13-23-25-20/h1-4,9-11,13,17-18,22,24H,5-8,12H2,(H,23,25). The number of nitrogens with zero attached hydrogens (tertiary/aromatic N) is 1. The van der Waals surface area contributed by atoms with Crippen LogP contribution in [0.2, 0.25) is 0 Å². The van der Waals surface area contributed by atoms with E-state index in [1.807, 2.05) is 18.3 Å². The van der Waals surface area contributed by atoms with Crippen LogP contribution in [0, 0.1) is 5.82 Å². The van der Waals surface area contributed by atoms with Gasteiger partial charge in [0.15, 0.2) is 0 Å². The van der Waals surface area contributed by atoms with Crippen LogP contribution in [0.15, 0.2) is 48.7 Å². The second kappa shape index (κ2) is 7.23. The summed E-state index contributed by atoms with van der Waals surface area (Å²) in [7, 11) is 0. The van der Waals surface area contributed by atoms with E-state index in [1.165, 1.54) is 12.1 Å². The first-order chi connectivity index (χ1) is 12.3. The summed E-state index contributed by atoms with van der Waals surface area (Å²) in [6, 6.07) is 14.1. The summed E-state index contributed by atoms with van der Waals surface area (Å²) < 4.78 is 12.9. The summed E-state index contributed by atoms with van der Waals surface area (Å²) in [4.78, 5) is 0. The fourth-order valence-corrected chi connectivity index (χ4v) is 3.57. The normalized spacial score (nSPS) is 20.7. The van der Waals surface area contributed by atoms with E-state index in [2.05, 4.69) is 39.0 Å². The van der Waals surface area contributed by atoms with E-state index in [1.54, 1.807) is 0 Å². The lowest BCUT2D eigenvalue weighted by Gasteiger charge is -2.30. The lowest BCUT2D eigenvalue weighted by Crippen LogP contribution is -2.36. The summed E-state index contributed by atoms with van der Waals surface area (Å²) in [6.45, 7) is 0.806. The predicted octanol–water partition coefficient (Wildman–Crippen LogP) is 4.21. The van der Waals surface area contributed by atoms with Gasteiger partial charge in [-0.15, -0.1) is 0 Å². The van der Waals surface area contributed by atoms with Crippen LogP contribution in [0.1, 0.15) is 31.2 Å². The summed E-state index contributed by atoms with van der Waals surface area (Å²) >= 11 is 0. The number of aromatic amines is 1. The zero-order chi connectivity index (χ0) is 17.1. The largest absolute Gasteiger partial charge is 0.382 e. The third-order valence-electron chi connectivity index (χ3n) is 5.05. The van der Waals surface area contributed by atoms with Crippen LogP contribution in [0.5, 0.6) is 0 Å². The second-order valence-corrected chi connectivity index (χ2v) is 6.87. The van der Waals surface area contributed by atoms with Gasteiger partial charge in [-0.3, -0.25) is 5.10 Å². The van der Waals surface area contributed by atoms with Gasteiger partial charge in [0.1, 0.15) is 5.82 Å². The second-order valence-electron chi connectivity index (χ2n) is 6.87. The zero-order valence-electron chi connectivity index (χ0n) is 14.1. The van der Waals surface area contributed by atoms with Crippen LogP contribution in [-0.4, -0.2) is 22.3 Å². The van der Waals surface area contributed by atoms with Gasteiger partial charge >= 0.3 is 0 Å². The van der Waals surface area contributed by atoms with Crippen molar-refractivity contribution >= 4 is 16.6 Å². The number of benzene rings is 2. The van der Waals surface area contributed by atoms with Gasteiger partial charge in [-0.1, -0.05) is 12.1 Å². The van der Waals surface area contributed by atoms with Gasteiger partial charge in [-0.25, -0.2) is 4.39 Å². The highest BCUT2D eigenvalue weighted by atomic mass is 19.1.